The van der Waals surface area contributed by atoms with Crippen molar-refractivity contribution in [2.45, 2.75) is 0 Å². The Bertz CT molecular complexity index is 267. The Morgan fingerprint density at radius 3 is 2.45 bits per heavy atom. The van der Waals surface area contributed by atoms with Gasteiger partial charge >= 0.3 is 5.97 Å². The molecule has 0 amide bonds. The van der Waals surface area contributed by atoms with Crippen molar-refractivity contribution < 1.29 is 9.90 Å². The third-order valence-corrected chi connectivity index (χ3v) is 2.92. The summed E-state index contributed by atoms with van der Waals surface area (Å²) in [6.45, 7) is 0. The molecule has 0 saturated carbocycles. The van der Waals surface area contributed by atoms with Crippen molar-refractivity contribution >= 4 is 20.1 Å². The zero-order valence-corrected chi connectivity index (χ0v) is 6.90. The molecule has 2 nitrogen and oxygen atoms in total. The third-order valence-electron chi connectivity index (χ3n) is 1.22. The van der Waals surface area contributed by atoms with E-state index in [-0.39, 0.29) is 0 Å². The largest absolute Gasteiger partial charge is 0.478 e. The van der Waals surface area contributed by atoms with Crippen LogP contribution in [0.5, 0.6) is 0 Å². The fraction of sp³-hybridized carbons (Fsp3) is 0. The normalized spacial score (nSPS) is 10.2. The molecule has 3 heteroatoms. The molecule has 1 heterocycles. The molecular formula is C8H8O2Si. The minimum atomic E-state index is -0.876. The van der Waals surface area contributed by atoms with E-state index in [0.29, 0.717) is 0 Å². The summed E-state index contributed by atoms with van der Waals surface area (Å²) in [6.07, 6.45) is 1.20. The first kappa shape index (κ1) is 7.88. The van der Waals surface area contributed by atoms with Crippen LogP contribution in [0.1, 0.15) is 0 Å². The molecule has 0 spiro atoms. The molecule has 0 atom stereocenters. The second-order valence-corrected chi connectivity index (χ2v) is 4.08. The highest BCUT2D eigenvalue weighted by atomic mass is 28.2. The Morgan fingerprint density at radius 2 is 1.91 bits per heavy atom. The van der Waals surface area contributed by atoms with E-state index in [2.05, 4.69) is 0 Å². The number of carbonyl (C=O) groups is 1. The quantitative estimate of drug-likeness (QED) is 0.528. The molecule has 0 aliphatic carbocycles. The van der Waals surface area contributed by atoms with E-state index in [9.17, 15) is 4.79 Å². The van der Waals surface area contributed by atoms with Crippen LogP contribution in [0, 0.1) is 0 Å². The highest BCUT2D eigenvalue weighted by Crippen LogP contribution is 1.87. The van der Waals surface area contributed by atoms with Gasteiger partial charge in [-0.3, -0.25) is 0 Å². The van der Waals surface area contributed by atoms with Crippen LogP contribution in [0.25, 0.3) is 5.70 Å². The monoisotopic (exact) mass is 164 g/mol. The summed E-state index contributed by atoms with van der Waals surface area (Å²) >= 11 is 0. The van der Waals surface area contributed by atoms with Gasteiger partial charge in [0.15, 0.2) is 0 Å². The lowest BCUT2D eigenvalue weighted by Crippen LogP contribution is -1.91. The van der Waals surface area contributed by atoms with E-state index in [0.717, 1.165) is 0 Å². The molecule has 0 bridgehead atoms. The number of aliphatic carboxylic acids is 1. The maximum absolute atomic E-state index is 10.1. The first-order valence-corrected chi connectivity index (χ1v) is 4.98. The smallest absolute Gasteiger partial charge is 0.327 e. The number of rotatable bonds is 2. The predicted octanol–water partition coefficient (Wildman–Crippen LogP) is 1.27. The van der Waals surface area contributed by atoms with Crippen molar-refractivity contribution in [3.63, 3.8) is 0 Å². The minimum absolute atomic E-state index is 0.797. The summed E-state index contributed by atoms with van der Waals surface area (Å²) in [4.78, 5) is 10.1. The number of carboxylic acids is 1. The summed E-state index contributed by atoms with van der Waals surface area (Å²) in [5, 5.41) is 8.32. The van der Waals surface area contributed by atoms with Crippen LogP contribution in [-0.4, -0.2) is 19.5 Å². The average molecular weight is 164 g/mol. The topological polar surface area (TPSA) is 37.3 Å². The molecule has 0 aliphatic heterocycles. The highest BCUT2D eigenvalue weighted by molar-refractivity contribution is 6.66. The molecular weight excluding hydrogens is 156 g/mol. The maximum atomic E-state index is 10.1. The molecule has 1 N–H and O–H groups in total. The van der Waals surface area contributed by atoms with Gasteiger partial charge in [-0.1, -0.05) is 35.3 Å². The number of hydrogen-bond donors (Lipinski definition) is 1. The van der Waals surface area contributed by atoms with Crippen LogP contribution in [0.4, 0.5) is 0 Å². The fourth-order valence-electron chi connectivity index (χ4n) is 0.732. The molecule has 0 aromatic carbocycles. The number of hydrogen-bond acceptors (Lipinski definition) is 1. The van der Waals surface area contributed by atoms with Crippen LogP contribution in [0.2, 0.25) is 0 Å². The molecule has 0 radical (unpaired) electrons. The molecule has 0 fully saturated rings. The first-order valence-electron chi connectivity index (χ1n) is 3.25. The zero-order chi connectivity index (χ0) is 8.10. The van der Waals surface area contributed by atoms with Crippen molar-refractivity contribution in [3.8, 4) is 0 Å². The predicted molar refractivity (Wildman–Crippen MR) is 45.4 cm³/mol. The van der Waals surface area contributed by atoms with Gasteiger partial charge in [-0.15, -0.1) is 0 Å². The van der Waals surface area contributed by atoms with Crippen molar-refractivity contribution in [1.82, 2.24) is 0 Å². The van der Waals surface area contributed by atoms with E-state index in [1.807, 2.05) is 29.6 Å². The van der Waals surface area contributed by atoms with E-state index in [1.54, 1.807) is 5.70 Å². The second-order valence-electron chi connectivity index (χ2n) is 2.08. The molecule has 11 heavy (non-hydrogen) atoms. The Hall–Kier alpha value is -1.22. The first-order chi connectivity index (χ1) is 5.29. The van der Waals surface area contributed by atoms with Gasteiger partial charge in [0.05, 0.1) is 8.40 Å². The summed E-state index contributed by atoms with van der Waals surface area (Å²) in [6, 6.07) is 5.82. The zero-order valence-electron chi connectivity index (χ0n) is 5.90. The van der Waals surface area contributed by atoms with Crippen LogP contribution >= 0.6 is 0 Å². The molecule has 0 aliphatic rings. The molecule has 1 aromatic rings. The van der Waals surface area contributed by atoms with Crippen LogP contribution < -0.4 is 0 Å². The SMILES string of the molecule is O=C(O)C=C[si]1ccccc1. The third kappa shape index (κ3) is 2.91. The van der Waals surface area contributed by atoms with Crippen molar-refractivity contribution in [3.05, 3.63) is 35.6 Å². The molecule has 56 valence electrons. The Balaban J connectivity index is 2.72. The lowest BCUT2D eigenvalue weighted by atomic mass is 10.6. The Kier molecular flexibility index (Phi) is 2.74. The summed E-state index contributed by atoms with van der Waals surface area (Å²) in [5.41, 5.74) is 5.81. The van der Waals surface area contributed by atoms with Gasteiger partial charge in [0.1, 0.15) is 0 Å². The van der Waals surface area contributed by atoms with Gasteiger partial charge in [0, 0.05) is 6.08 Å². The average Bonchev–Trinajstić information content (AvgIpc) is 2.03. The van der Waals surface area contributed by atoms with Gasteiger partial charge in [-0.25, -0.2) is 4.79 Å². The minimum Gasteiger partial charge on any atom is -0.478 e. The van der Waals surface area contributed by atoms with Gasteiger partial charge < -0.3 is 5.11 Å². The van der Waals surface area contributed by atoms with Gasteiger partial charge in [-0.05, 0) is 0 Å². The molecule has 0 unspecified atom stereocenters. The Labute approximate surface area is 66.3 Å². The van der Waals surface area contributed by atoms with Crippen LogP contribution in [-0.2, 0) is 4.79 Å². The second kappa shape index (κ2) is 3.83. The standard InChI is InChI=1S/C8H8O2Si/c9-8(10)4-7-11-5-2-1-3-6-11/h1-7H,(H,9,10). The fourth-order valence-corrected chi connectivity index (χ4v) is 2.07. The van der Waals surface area contributed by atoms with E-state index < -0.39 is 14.4 Å². The van der Waals surface area contributed by atoms with Crippen molar-refractivity contribution in [1.29, 1.82) is 0 Å². The summed E-state index contributed by atoms with van der Waals surface area (Å²) in [7, 11) is -0.797. The van der Waals surface area contributed by atoms with Crippen molar-refractivity contribution in [2.75, 3.05) is 0 Å². The van der Waals surface area contributed by atoms with Gasteiger partial charge in [0.25, 0.3) is 0 Å². The Morgan fingerprint density at radius 1 is 1.27 bits per heavy atom. The van der Waals surface area contributed by atoms with Crippen molar-refractivity contribution in [2.24, 2.45) is 0 Å². The maximum Gasteiger partial charge on any atom is 0.327 e. The molecule has 1 aromatic heterocycles. The van der Waals surface area contributed by atoms with Crippen LogP contribution in [0.15, 0.2) is 35.6 Å². The number of carboxylic acid groups (broad SMARTS) is 1. The van der Waals surface area contributed by atoms with E-state index in [1.165, 1.54) is 6.08 Å². The molecule has 1 rings (SSSR count). The van der Waals surface area contributed by atoms with E-state index in [4.69, 9.17) is 5.11 Å². The lowest BCUT2D eigenvalue weighted by molar-refractivity contribution is -0.131. The lowest BCUT2D eigenvalue weighted by Gasteiger charge is -1.86. The van der Waals surface area contributed by atoms with Gasteiger partial charge in [-0.2, -0.15) is 0 Å². The molecule has 0 saturated heterocycles. The van der Waals surface area contributed by atoms with Crippen LogP contribution in [0.3, 0.4) is 0 Å². The summed E-state index contributed by atoms with van der Waals surface area (Å²) < 4.78 is 0. The summed E-state index contributed by atoms with van der Waals surface area (Å²) in [5.74, 6) is -0.876. The van der Waals surface area contributed by atoms with E-state index >= 15 is 0 Å². The highest BCUT2D eigenvalue weighted by Gasteiger charge is 1.87. The van der Waals surface area contributed by atoms with Gasteiger partial charge in [0.2, 0.25) is 0 Å².